The maximum atomic E-state index is 6.50. The van der Waals surface area contributed by atoms with Crippen LogP contribution in [0.3, 0.4) is 0 Å². The van der Waals surface area contributed by atoms with E-state index in [1.165, 1.54) is 0 Å². The number of hydrogen-bond acceptors (Lipinski definition) is 5. The van der Waals surface area contributed by atoms with Crippen LogP contribution in [0.1, 0.15) is 11.6 Å². The smallest absolute Gasteiger partial charge is 0.165 e. The topological polar surface area (TPSA) is 64.2 Å². The SMILES string of the molecule is C1=CC(c2cc(-c3c4ccccc4c(-c4nc(-c5ccccc5)nc(-c5ccccc5)n4)c4ccccc34)cc3c2oc2ccccc23)N=C1. The highest BCUT2D eigenvalue weighted by Gasteiger charge is 2.24. The molecule has 0 amide bonds. The van der Waals surface area contributed by atoms with Crippen LogP contribution in [0.2, 0.25) is 0 Å². The van der Waals surface area contributed by atoms with Gasteiger partial charge in [0, 0.05) is 39.2 Å². The Morgan fingerprint density at radius 1 is 0.440 bits per heavy atom. The zero-order valence-electron chi connectivity index (χ0n) is 26.9. The Bertz CT molecular complexity index is 2690. The van der Waals surface area contributed by atoms with Crippen LogP contribution >= 0.6 is 0 Å². The lowest BCUT2D eigenvalue weighted by molar-refractivity contribution is 0.660. The predicted octanol–water partition coefficient (Wildman–Crippen LogP) is 11.4. The summed E-state index contributed by atoms with van der Waals surface area (Å²) in [7, 11) is 0. The van der Waals surface area contributed by atoms with E-state index in [1.807, 2.05) is 85.1 Å². The molecule has 234 valence electrons. The van der Waals surface area contributed by atoms with E-state index in [0.717, 1.165) is 76.9 Å². The predicted molar refractivity (Wildman–Crippen MR) is 204 cm³/mol. The van der Waals surface area contributed by atoms with Gasteiger partial charge in [-0.25, -0.2) is 15.0 Å². The molecule has 1 aliphatic rings. The summed E-state index contributed by atoms with van der Waals surface area (Å²) in [4.78, 5) is 20.1. The molecule has 1 atom stereocenters. The molecule has 50 heavy (non-hydrogen) atoms. The molecule has 0 saturated carbocycles. The van der Waals surface area contributed by atoms with Crippen molar-refractivity contribution < 1.29 is 4.42 Å². The molecule has 3 heterocycles. The van der Waals surface area contributed by atoms with Crippen molar-refractivity contribution in [2.75, 3.05) is 0 Å². The Labute approximate surface area is 287 Å². The summed E-state index contributed by atoms with van der Waals surface area (Å²) in [5, 5.41) is 6.55. The Kier molecular flexibility index (Phi) is 6.49. The molecule has 0 aliphatic carbocycles. The minimum atomic E-state index is -0.118. The van der Waals surface area contributed by atoms with E-state index in [1.54, 1.807) is 0 Å². The van der Waals surface area contributed by atoms with Gasteiger partial charge in [0.15, 0.2) is 17.5 Å². The van der Waals surface area contributed by atoms with Gasteiger partial charge in [-0.05, 0) is 56.9 Å². The molecular formula is C45H28N4O. The van der Waals surface area contributed by atoms with Gasteiger partial charge in [-0.3, -0.25) is 4.99 Å². The molecule has 0 radical (unpaired) electrons. The normalized spacial score (nSPS) is 14.0. The van der Waals surface area contributed by atoms with Crippen LogP contribution < -0.4 is 0 Å². The van der Waals surface area contributed by atoms with Gasteiger partial charge in [0.25, 0.3) is 0 Å². The molecule has 0 fully saturated rings. The van der Waals surface area contributed by atoms with E-state index < -0.39 is 0 Å². The van der Waals surface area contributed by atoms with Crippen molar-refractivity contribution in [2.45, 2.75) is 6.04 Å². The van der Waals surface area contributed by atoms with Crippen molar-refractivity contribution in [1.82, 2.24) is 15.0 Å². The van der Waals surface area contributed by atoms with Gasteiger partial charge in [-0.2, -0.15) is 0 Å². The molecule has 1 aliphatic heterocycles. The van der Waals surface area contributed by atoms with Gasteiger partial charge in [-0.15, -0.1) is 0 Å². The Morgan fingerprint density at radius 3 is 1.54 bits per heavy atom. The van der Waals surface area contributed by atoms with Crippen molar-refractivity contribution in [1.29, 1.82) is 0 Å². The third kappa shape index (κ3) is 4.55. The summed E-state index contributed by atoms with van der Waals surface area (Å²) in [6, 6.07) is 50.2. The summed E-state index contributed by atoms with van der Waals surface area (Å²) >= 11 is 0. The Balaban J connectivity index is 1.30. The fourth-order valence-corrected chi connectivity index (χ4v) is 7.35. The van der Waals surface area contributed by atoms with Crippen molar-refractivity contribution in [3.05, 3.63) is 163 Å². The maximum absolute atomic E-state index is 6.50. The molecule has 5 heteroatoms. The number of rotatable bonds is 5. The average molecular weight is 641 g/mol. The zero-order chi connectivity index (χ0) is 33.0. The highest BCUT2D eigenvalue weighted by atomic mass is 16.3. The third-order valence-electron chi connectivity index (χ3n) is 9.59. The molecule has 5 nitrogen and oxygen atoms in total. The van der Waals surface area contributed by atoms with Crippen LogP contribution in [0.25, 0.3) is 88.8 Å². The maximum Gasteiger partial charge on any atom is 0.165 e. The molecule has 0 N–H and O–H groups in total. The van der Waals surface area contributed by atoms with Crippen molar-refractivity contribution >= 4 is 49.7 Å². The van der Waals surface area contributed by atoms with E-state index >= 15 is 0 Å². The van der Waals surface area contributed by atoms with E-state index in [2.05, 4.69) is 78.9 Å². The number of furan rings is 1. The van der Waals surface area contributed by atoms with Crippen LogP contribution in [-0.4, -0.2) is 21.2 Å². The Hall–Kier alpha value is -6.72. The zero-order valence-corrected chi connectivity index (χ0v) is 26.9. The van der Waals surface area contributed by atoms with Gasteiger partial charge in [0.2, 0.25) is 0 Å². The van der Waals surface area contributed by atoms with Gasteiger partial charge in [0.1, 0.15) is 11.2 Å². The summed E-state index contributed by atoms with van der Waals surface area (Å²) in [6.45, 7) is 0. The lowest BCUT2D eigenvalue weighted by Crippen LogP contribution is -2.01. The number of aliphatic imine (C=N–C) groups is 1. The number of allylic oxidation sites excluding steroid dienone is 1. The molecule has 1 unspecified atom stereocenters. The molecule has 0 saturated heterocycles. The quantitative estimate of drug-likeness (QED) is 0.176. The van der Waals surface area contributed by atoms with Crippen LogP contribution in [0, 0.1) is 0 Å². The molecule has 0 bridgehead atoms. The van der Waals surface area contributed by atoms with E-state index in [-0.39, 0.29) is 6.04 Å². The molecule has 2 aromatic heterocycles. The molecule has 0 spiro atoms. The molecule has 10 rings (SSSR count). The second kappa shape index (κ2) is 11.5. The second-order valence-electron chi connectivity index (χ2n) is 12.5. The molecule has 9 aromatic rings. The number of hydrogen-bond donors (Lipinski definition) is 0. The average Bonchev–Trinajstić information content (AvgIpc) is 3.86. The number of para-hydroxylation sites is 1. The lowest BCUT2D eigenvalue weighted by atomic mass is 9.86. The van der Waals surface area contributed by atoms with Crippen LogP contribution in [-0.2, 0) is 0 Å². The number of nitrogens with zero attached hydrogens (tertiary/aromatic N) is 4. The third-order valence-corrected chi connectivity index (χ3v) is 9.59. The van der Waals surface area contributed by atoms with Crippen molar-refractivity contribution in [3.63, 3.8) is 0 Å². The number of fused-ring (bicyclic) bond motifs is 5. The van der Waals surface area contributed by atoms with Gasteiger partial charge < -0.3 is 4.42 Å². The van der Waals surface area contributed by atoms with Crippen LogP contribution in [0.5, 0.6) is 0 Å². The number of benzene rings is 7. The van der Waals surface area contributed by atoms with Crippen LogP contribution in [0.4, 0.5) is 0 Å². The fourth-order valence-electron chi connectivity index (χ4n) is 7.35. The minimum absolute atomic E-state index is 0.118. The minimum Gasteiger partial charge on any atom is -0.456 e. The molecular weight excluding hydrogens is 613 g/mol. The lowest BCUT2D eigenvalue weighted by Gasteiger charge is -2.18. The highest BCUT2D eigenvalue weighted by molar-refractivity contribution is 6.22. The second-order valence-corrected chi connectivity index (χ2v) is 12.5. The first-order valence-electron chi connectivity index (χ1n) is 16.8. The highest BCUT2D eigenvalue weighted by Crippen LogP contribution is 2.46. The summed E-state index contributed by atoms with van der Waals surface area (Å²) < 4.78 is 6.50. The van der Waals surface area contributed by atoms with E-state index in [9.17, 15) is 0 Å². The summed E-state index contributed by atoms with van der Waals surface area (Å²) in [6.07, 6.45) is 6.00. The summed E-state index contributed by atoms with van der Waals surface area (Å²) in [5.74, 6) is 1.91. The van der Waals surface area contributed by atoms with Gasteiger partial charge >= 0.3 is 0 Å². The summed E-state index contributed by atoms with van der Waals surface area (Å²) in [5.41, 5.74) is 7.92. The number of aromatic nitrogens is 3. The first kappa shape index (κ1) is 28.3. The molecule has 7 aromatic carbocycles. The van der Waals surface area contributed by atoms with Crippen LogP contribution in [0.15, 0.2) is 167 Å². The standard InChI is InChI=1S/C45H28N4O/c1-3-14-28(15-4-1)43-47-44(29-16-5-2-6-17-29)49-45(48-43)41-34-21-9-7-19-32(34)40(33-20-8-10-22-35(33)41)30-26-36-31-18-11-12-24-39(31)50-42(36)37(27-30)38-23-13-25-46-38/h1-27,38H. The van der Waals surface area contributed by atoms with Crippen molar-refractivity contribution in [3.8, 4) is 45.3 Å². The fraction of sp³-hybridized carbons (Fsp3) is 0.0222. The van der Waals surface area contributed by atoms with Gasteiger partial charge in [-0.1, -0.05) is 133 Å². The van der Waals surface area contributed by atoms with E-state index in [0.29, 0.717) is 17.5 Å². The van der Waals surface area contributed by atoms with E-state index in [4.69, 9.17) is 24.4 Å². The van der Waals surface area contributed by atoms with Gasteiger partial charge in [0.05, 0.1) is 6.04 Å². The largest absolute Gasteiger partial charge is 0.456 e. The first-order chi connectivity index (χ1) is 24.8. The first-order valence-corrected chi connectivity index (χ1v) is 16.8. The Morgan fingerprint density at radius 2 is 0.960 bits per heavy atom. The monoisotopic (exact) mass is 640 g/mol. The van der Waals surface area contributed by atoms with Crippen molar-refractivity contribution in [2.24, 2.45) is 4.99 Å².